The number of halogens is 1. The van der Waals surface area contributed by atoms with Gasteiger partial charge in [0.25, 0.3) is 5.91 Å². The van der Waals surface area contributed by atoms with Crippen LogP contribution in [-0.2, 0) is 0 Å². The molecular formula is C11H14BrNO3. The zero-order valence-corrected chi connectivity index (χ0v) is 10.5. The first-order valence-electron chi connectivity index (χ1n) is 4.90. The summed E-state index contributed by atoms with van der Waals surface area (Å²) < 4.78 is 0. The number of carbonyl (C=O) groups is 1. The van der Waals surface area contributed by atoms with Gasteiger partial charge in [-0.2, -0.15) is 0 Å². The van der Waals surface area contributed by atoms with Crippen LogP contribution < -0.4 is 5.32 Å². The van der Waals surface area contributed by atoms with Gasteiger partial charge in [-0.15, -0.1) is 0 Å². The molecule has 0 aliphatic carbocycles. The predicted octanol–water partition coefficient (Wildman–Crippen LogP) is 1.86. The summed E-state index contributed by atoms with van der Waals surface area (Å²) >= 11 is 3.32. The average Bonchev–Trinajstić information content (AvgIpc) is 2.29. The van der Waals surface area contributed by atoms with Gasteiger partial charge in [-0.25, -0.2) is 0 Å². The second-order valence-corrected chi connectivity index (χ2v) is 4.32. The third kappa shape index (κ3) is 3.41. The van der Waals surface area contributed by atoms with E-state index >= 15 is 0 Å². The molecule has 0 saturated carbocycles. The number of nitrogens with one attached hydrogen (secondary N) is 1. The van der Waals surface area contributed by atoms with E-state index in [2.05, 4.69) is 21.2 Å². The van der Waals surface area contributed by atoms with Crippen molar-refractivity contribution in [2.24, 2.45) is 5.92 Å². The Morgan fingerprint density at radius 2 is 2.12 bits per heavy atom. The average molecular weight is 288 g/mol. The quantitative estimate of drug-likeness (QED) is 0.585. The molecule has 0 saturated heterocycles. The van der Waals surface area contributed by atoms with Gasteiger partial charge in [-0.05, 0) is 24.1 Å². The van der Waals surface area contributed by atoms with Gasteiger partial charge in [0.2, 0.25) is 0 Å². The van der Waals surface area contributed by atoms with Gasteiger partial charge in [-0.3, -0.25) is 4.79 Å². The normalized spacial score (nSPS) is 12.1. The molecule has 1 rings (SSSR count). The van der Waals surface area contributed by atoms with Crippen LogP contribution in [0.2, 0.25) is 0 Å². The lowest BCUT2D eigenvalue weighted by molar-refractivity contribution is 0.0949. The molecule has 16 heavy (non-hydrogen) atoms. The van der Waals surface area contributed by atoms with E-state index in [1.54, 1.807) is 0 Å². The monoisotopic (exact) mass is 287 g/mol. The lowest BCUT2D eigenvalue weighted by atomic mass is 10.1. The molecule has 1 amide bonds. The number of aromatic hydroxyl groups is 2. The van der Waals surface area contributed by atoms with Crippen molar-refractivity contribution in [1.82, 2.24) is 5.32 Å². The Morgan fingerprint density at radius 3 is 2.69 bits per heavy atom. The summed E-state index contributed by atoms with van der Waals surface area (Å²) in [7, 11) is 0. The van der Waals surface area contributed by atoms with Crippen molar-refractivity contribution in [2.75, 3.05) is 11.9 Å². The third-order valence-electron chi connectivity index (χ3n) is 2.11. The van der Waals surface area contributed by atoms with E-state index in [1.165, 1.54) is 18.2 Å². The Kier molecular flexibility index (Phi) is 4.61. The fourth-order valence-corrected chi connectivity index (χ4v) is 1.32. The first-order valence-corrected chi connectivity index (χ1v) is 6.03. The molecule has 0 bridgehead atoms. The molecular weight excluding hydrogens is 274 g/mol. The SMILES string of the molecule is CC(CBr)CNC(=O)c1ccc(O)c(O)c1. The van der Waals surface area contributed by atoms with Crippen LogP contribution in [0.3, 0.4) is 0 Å². The molecule has 1 aromatic carbocycles. The minimum absolute atomic E-state index is 0.231. The first-order chi connectivity index (χ1) is 7.54. The molecule has 1 atom stereocenters. The summed E-state index contributed by atoms with van der Waals surface area (Å²) in [6.07, 6.45) is 0. The minimum atomic E-state index is -0.291. The number of phenols is 2. The highest BCUT2D eigenvalue weighted by atomic mass is 79.9. The second-order valence-electron chi connectivity index (χ2n) is 3.67. The number of carbonyl (C=O) groups excluding carboxylic acids is 1. The molecule has 5 heteroatoms. The summed E-state index contributed by atoms with van der Waals surface area (Å²) in [5.74, 6) is -0.440. The zero-order chi connectivity index (χ0) is 12.1. The molecule has 1 aromatic rings. The van der Waals surface area contributed by atoms with E-state index in [9.17, 15) is 9.90 Å². The molecule has 0 aromatic heterocycles. The van der Waals surface area contributed by atoms with Crippen LogP contribution in [-0.4, -0.2) is 28.0 Å². The fraction of sp³-hybridized carbons (Fsp3) is 0.364. The van der Waals surface area contributed by atoms with E-state index in [-0.39, 0.29) is 17.4 Å². The number of hydrogen-bond donors (Lipinski definition) is 3. The van der Waals surface area contributed by atoms with Crippen LogP contribution in [0, 0.1) is 5.92 Å². The number of alkyl halides is 1. The summed E-state index contributed by atoms with van der Waals surface area (Å²) in [5.41, 5.74) is 0.331. The van der Waals surface area contributed by atoms with Gasteiger partial charge in [0.1, 0.15) is 0 Å². The Labute approximate surface area is 102 Å². The Bertz CT molecular complexity index is 381. The molecule has 0 aliphatic rings. The molecule has 4 nitrogen and oxygen atoms in total. The largest absolute Gasteiger partial charge is 0.504 e. The Morgan fingerprint density at radius 1 is 1.44 bits per heavy atom. The van der Waals surface area contributed by atoms with Crippen molar-refractivity contribution in [2.45, 2.75) is 6.92 Å². The molecule has 0 heterocycles. The van der Waals surface area contributed by atoms with Gasteiger partial charge in [-0.1, -0.05) is 22.9 Å². The first kappa shape index (κ1) is 12.8. The molecule has 0 aliphatic heterocycles. The zero-order valence-electron chi connectivity index (χ0n) is 8.90. The predicted molar refractivity (Wildman–Crippen MR) is 65.1 cm³/mol. The second kappa shape index (κ2) is 5.75. The van der Waals surface area contributed by atoms with Gasteiger partial charge in [0.15, 0.2) is 11.5 Å². The Balaban J connectivity index is 2.63. The lowest BCUT2D eigenvalue weighted by Crippen LogP contribution is -2.28. The minimum Gasteiger partial charge on any atom is -0.504 e. The van der Waals surface area contributed by atoms with E-state index in [1.807, 2.05) is 6.92 Å². The van der Waals surface area contributed by atoms with Crippen LogP contribution in [0.1, 0.15) is 17.3 Å². The number of hydrogen-bond acceptors (Lipinski definition) is 3. The maximum atomic E-state index is 11.6. The van der Waals surface area contributed by atoms with Crippen molar-refractivity contribution < 1.29 is 15.0 Å². The van der Waals surface area contributed by atoms with Crippen LogP contribution in [0.25, 0.3) is 0 Å². The molecule has 0 spiro atoms. The number of amides is 1. The summed E-state index contributed by atoms with van der Waals surface area (Å²) in [6.45, 7) is 2.56. The topological polar surface area (TPSA) is 69.6 Å². The summed E-state index contributed by atoms with van der Waals surface area (Å²) in [5, 5.41) is 21.9. The molecule has 3 N–H and O–H groups in total. The van der Waals surface area contributed by atoms with Crippen molar-refractivity contribution in [3.63, 3.8) is 0 Å². The number of phenolic OH excluding ortho intramolecular Hbond substituents is 2. The van der Waals surface area contributed by atoms with Crippen molar-refractivity contribution in [3.05, 3.63) is 23.8 Å². The Hall–Kier alpha value is -1.23. The molecule has 0 fully saturated rings. The van der Waals surface area contributed by atoms with Gasteiger partial charge in [0.05, 0.1) is 0 Å². The van der Waals surface area contributed by atoms with E-state index in [0.717, 1.165) is 5.33 Å². The maximum absolute atomic E-state index is 11.6. The fourth-order valence-electron chi connectivity index (χ4n) is 1.09. The van der Waals surface area contributed by atoms with Crippen LogP contribution in [0.5, 0.6) is 11.5 Å². The maximum Gasteiger partial charge on any atom is 0.251 e. The van der Waals surface area contributed by atoms with E-state index in [4.69, 9.17) is 5.11 Å². The van der Waals surface area contributed by atoms with Gasteiger partial charge >= 0.3 is 0 Å². The van der Waals surface area contributed by atoms with Crippen molar-refractivity contribution in [1.29, 1.82) is 0 Å². The number of benzene rings is 1. The van der Waals surface area contributed by atoms with E-state index < -0.39 is 0 Å². The van der Waals surface area contributed by atoms with Gasteiger partial charge < -0.3 is 15.5 Å². The molecule has 0 radical (unpaired) electrons. The van der Waals surface area contributed by atoms with Crippen molar-refractivity contribution >= 4 is 21.8 Å². The lowest BCUT2D eigenvalue weighted by Gasteiger charge is -2.09. The highest BCUT2D eigenvalue weighted by Gasteiger charge is 2.09. The highest BCUT2D eigenvalue weighted by Crippen LogP contribution is 2.24. The standard InChI is InChI=1S/C11H14BrNO3/c1-7(5-12)6-13-11(16)8-2-3-9(14)10(15)4-8/h2-4,7,14-15H,5-6H2,1H3,(H,13,16). The van der Waals surface area contributed by atoms with Gasteiger partial charge in [0, 0.05) is 17.4 Å². The highest BCUT2D eigenvalue weighted by molar-refractivity contribution is 9.09. The summed E-state index contributed by atoms with van der Waals surface area (Å²) in [6, 6.07) is 3.99. The third-order valence-corrected chi connectivity index (χ3v) is 3.22. The smallest absolute Gasteiger partial charge is 0.251 e. The van der Waals surface area contributed by atoms with Crippen LogP contribution >= 0.6 is 15.9 Å². The summed E-state index contributed by atoms with van der Waals surface area (Å²) in [4.78, 5) is 11.6. The molecule has 88 valence electrons. The van der Waals surface area contributed by atoms with Crippen LogP contribution in [0.4, 0.5) is 0 Å². The number of rotatable bonds is 4. The van der Waals surface area contributed by atoms with Crippen LogP contribution in [0.15, 0.2) is 18.2 Å². The van der Waals surface area contributed by atoms with Crippen molar-refractivity contribution in [3.8, 4) is 11.5 Å². The van der Waals surface area contributed by atoms with E-state index in [0.29, 0.717) is 18.0 Å². The molecule has 1 unspecified atom stereocenters.